The molecule has 0 bridgehead atoms. The molecule has 1 N–H and O–H groups in total. The Hall–Kier alpha value is -1.41. The summed E-state index contributed by atoms with van der Waals surface area (Å²) in [7, 11) is 0. The van der Waals surface area contributed by atoms with Crippen LogP contribution in [0.2, 0.25) is 0 Å². The summed E-state index contributed by atoms with van der Waals surface area (Å²) < 4.78 is 0. The van der Waals surface area contributed by atoms with E-state index in [1.54, 1.807) is 0 Å². The summed E-state index contributed by atoms with van der Waals surface area (Å²) in [4.78, 5) is 0. The molecule has 2 aromatic carbocycles. The predicted molar refractivity (Wildman–Crippen MR) is 80.0 cm³/mol. The SMILES string of the molecule is C=CCSCCNc1ccc2ccccc2c1. The Morgan fingerprint density at radius 3 is 2.76 bits per heavy atom. The van der Waals surface area contributed by atoms with Crippen molar-refractivity contribution in [2.75, 3.05) is 23.4 Å². The monoisotopic (exact) mass is 243 g/mol. The van der Waals surface area contributed by atoms with Crippen LogP contribution in [0.4, 0.5) is 5.69 Å². The van der Waals surface area contributed by atoms with Crippen molar-refractivity contribution in [3.8, 4) is 0 Å². The molecule has 0 heterocycles. The number of nitrogens with one attached hydrogen (secondary N) is 1. The Kier molecular flexibility index (Phi) is 4.51. The number of anilines is 1. The first-order valence-electron chi connectivity index (χ1n) is 5.81. The van der Waals surface area contributed by atoms with Crippen molar-refractivity contribution < 1.29 is 0 Å². The lowest BCUT2D eigenvalue weighted by molar-refractivity contribution is 1.23. The molecule has 0 unspecified atom stereocenters. The number of hydrogen-bond acceptors (Lipinski definition) is 2. The smallest absolute Gasteiger partial charge is 0.0346 e. The van der Waals surface area contributed by atoms with Crippen LogP contribution in [0, 0.1) is 0 Å². The maximum Gasteiger partial charge on any atom is 0.0346 e. The van der Waals surface area contributed by atoms with Crippen LogP contribution in [0.3, 0.4) is 0 Å². The van der Waals surface area contributed by atoms with Crippen LogP contribution in [0.15, 0.2) is 55.1 Å². The maximum absolute atomic E-state index is 3.71. The highest BCUT2D eigenvalue weighted by molar-refractivity contribution is 7.99. The van der Waals surface area contributed by atoms with Crippen LogP contribution >= 0.6 is 11.8 Å². The van der Waals surface area contributed by atoms with Crippen molar-refractivity contribution in [3.63, 3.8) is 0 Å². The second-order valence-electron chi connectivity index (χ2n) is 3.85. The summed E-state index contributed by atoms with van der Waals surface area (Å²) in [5.74, 6) is 2.14. The molecule has 88 valence electrons. The Morgan fingerprint density at radius 1 is 1.12 bits per heavy atom. The van der Waals surface area contributed by atoms with Crippen molar-refractivity contribution in [2.45, 2.75) is 0 Å². The van der Waals surface area contributed by atoms with Gasteiger partial charge < -0.3 is 5.32 Å². The number of benzene rings is 2. The van der Waals surface area contributed by atoms with Gasteiger partial charge in [0.05, 0.1) is 0 Å². The minimum absolute atomic E-state index is 0.997. The second kappa shape index (κ2) is 6.36. The van der Waals surface area contributed by atoms with Gasteiger partial charge in [0, 0.05) is 23.7 Å². The third kappa shape index (κ3) is 3.53. The minimum atomic E-state index is 0.997. The average Bonchev–Trinajstić information content (AvgIpc) is 2.38. The zero-order valence-electron chi connectivity index (χ0n) is 9.86. The van der Waals surface area contributed by atoms with E-state index in [1.165, 1.54) is 16.5 Å². The molecule has 0 spiro atoms. The van der Waals surface area contributed by atoms with E-state index in [1.807, 2.05) is 17.8 Å². The Labute approximate surface area is 107 Å². The fraction of sp³-hybridized carbons (Fsp3) is 0.200. The van der Waals surface area contributed by atoms with Gasteiger partial charge in [0.2, 0.25) is 0 Å². The van der Waals surface area contributed by atoms with Crippen LogP contribution in [-0.4, -0.2) is 18.1 Å². The Balaban J connectivity index is 1.92. The lowest BCUT2D eigenvalue weighted by Crippen LogP contribution is -2.03. The molecule has 0 aliphatic carbocycles. The third-order valence-corrected chi connectivity index (χ3v) is 3.52. The topological polar surface area (TPSA) is 12.0 Å². The molecule has 0 amide bonds. The van der Waals surface area contributed by atoms with Gasteiger partial charge in [-0.25, -0.2) is 0 Å². The van der Waals surface area contributed by atoms with Crippen LogP contribution in [0.25, 0.3) is 10.8 Å². The lowest BCUT2D eigenvalue weighted by Gasteiger charge is -2.07. The zero-order valence-corrected chi connectivity index (χ0v) is 10.7. The number of hydrogen-bond donors (Lipinski definition) is 1. The molecular formula is C15H17NS. The number of fused-ring (bicyclic) bond motifs is 1. The van der Waals surface area contributed by atoms with Gasteiger partial charge in [-0.2, -0.15) is 11.8 Å². The van der Waals surface area contributed by atoms with E-state index in [0.717, 1.165) is 18.1 Å². The van der Waals surface area contributed by atoms with Gasteiger partial charge in [-0.05, 0) is 22.9 Å². The second-order valence-corrected chi connectivity index (χ2v) is 5.00. The highest BCUT2D eigenvalue weighted by atomic mass is 32.2. The van der Waals surface area contributed by atoms with E-state index < -0.39 is 0 Å². The minimum Gasteiger partial charge on any atom is -0.384 e. The molecule has 0 aromatic heterocycles. The summed E-state index contributed by atoms with van der Waals surface area (Å²) in [6, 6.07) is 14.9. The molecule has 0 atom stereocenters. The van der Waals surface area contributed by atoms with Crippen molar-refractivity contribution in [1.29, 1.82) is 0 Å². The van der Waals surface area contributed by atoms with Crippen LogP contribution in [0.1, 0.15) is 0 Å². The maximum atomic E-state index is 3.71. The molecule has 0 radical (unpaired) electrons. The van der Waals surface area contributed by atoms with Crippen LogP contribution in [0.5, 0.6) is 0 Å². The first-order chi connectivity index (χ1) is 8.40. The molecule has 2 heteroatoms. The normalized spacial score (nSPS) is 10.4. The van der Waals surface area contributed by atoms with Gasteiger partial charge in [0.15, 0.2) is 0 Å². The molecule has 0 saturated heterocycles. The molecule has 0 aliphatic heterocycles. The predicted octanol–water partition coefficient (Wildman–Crippen LogP) is 4.17. The molecule has 0 saturated carbocycles. The Morgan fingerprint density at radius 2 is 1.94 bits per heavy atom. The van der Waals surface area contributed by atoms with Gasteiger partial charge in [-0.3, -0.25) is 0 Å². The first-order valence-corrected chi connectivity index (χ1v) is 6.97. The summed E-state index contributed by atoms with van der Waals surface area (Å²) >= 11 is 1.90. The highest BCUT2D eigenvalue weighted by Gasteiger charge is 1.95. The van der Waals surface area contributed by atoms with Crippen molar-refractivity contribution in [3.05, 3.63) is 55.1 Å². The molecule has 2 rings (SSSR count). The van der Waals surface area contributed by atoms with E-state index >= 15 is 0 Å². The van der Waals surface area contributed by atoms with E-state index in [2.05, 4.69) is 54.4 Å². The van der Waals surface area contributed by atoms with Crippen molar-refractivity contribution >= 4 is 28.2 Å². The van der Waals surface area contributed by atoms with Gasteiger partial charge in [-0.15, -0.1) is 6.58 Å². The largest absolute Gasteiger partial charge is 0.384 e. The number of rotatable bonds is 6. The molecule has 0 aliphatic rings. The van der Waals surface area contributed by atoms with E-state index in [-0.39, 0.29) is 0 Å². The Bertz CT molecular complexity index is 493. The molecule has 17 heavy (non-hydrogen) atoms. The van der Waals surface area contributed by atoms with E-state index in [9.17, 15) is 0 Å². The summed E-state index contributed by atoms with van der Waals surface area (Å²) in [5.41, 5.74) is 1.20. The van der Waals surface area contributed by atoms with Gasteiger partial charge in [-0.1, -0.05) is 36.4 Å². The molecule has 2 aromatic rings. The van der Waals surface area contributed by atoms with E-state index in [0.29, 0.717) is 0 Å². The first kappa shape index (κ1) is 12.1. The molecule has 1 nitrogen and oxygen atoms in total. The van der Waals surface area contributed by atoms with Crippen molar-refractivity contribution in [2.24, 2.45) is 0 Å². The standard InChI is InChI=1S/C15H17NS/c1-2-10-17-11-9-16-15-8-7-13-5-3-4-6-14(13)12-15/h2-8,12,16H,1,9-11H2. The summed E-state index contributed by atoms with van der Waals surface area (Å²) in [5, 5.41) is 6.02. The van der Waals surface area contributed by atoms with Crippen molar-refractivity contribution in [1.82, 2.24) is 0 Å². The average molecular weight is 243 g/mol. The van der Waals surface area contributed by atoms with Gasteiger partial charge >= 0.3 is 0 Å². The van der Waals surface area contributed by atoms with Gasteiger partial charge in [0.1, 0.15) is 0 Å². The fourth-order valence-corrected chi connectivity index (χ4v) is 2.31. The lowest BCUT2D eigenvalue weighted by atomic mass is 10.1. The van der Waals surface area contributed by atoms with Gasteiger partial charge in [0.25, 0.3) is 0 Å². The molecular weight excluding hydrogens is 226 g/mol. The zero-order chi connectivity index (χ0) is 11.9. The number of thioether (sulfide) groups is 1. The summed E-state index contributed by atoms with van der Waals surface area (Å²) in [6.45, 7) is 4.71. The van der Waals surface area contributed by atoms with Crippen LogP contribution < -0.4 is 5.32 Å². The van der Waals surface area contributed by atoms with Crippen LogP contribution in [-0.2, 0) is 0 Å². The quantitative estimate of drug-likeness (QED) is 0.603. The fourth-order valence-electron chi connectivity index (χ4n) is 1.73. The highest BCUT2D eigenvalue weighted by Crippen LogP contribution is 2.18. The van der Waals surface area contributed by atoms with E-state index in [4.69, 9.17) is 0 Å². The molecule has 0 fully saturated rings. The summed E-state index contributed by atoms with van der Waals surface area (Å²) in [6.07, 6.45) is 1.95. The third-order valence-electron chi connectivity index (χ3n) is 2.56.